The largest absolute Gasteiger partial charge is 0.466 e. The van der Waals surface area contributed by atoms with E-state index in [1.807, 2.05) is 19.9 Å². The van der Waals surface area contributed by atoms with Gasteiger partial charge in [0.2, 0.25) is 0 Å². The zero-order valence-electron chi connectivity index (χ0n) is 24.0. The highest BCUT2D eigenvalue weighted by Crippen LogP contribution is 2.43. The molecular formula is C31H31F2N5O4S. The molecule has 4 aromatic rings. The number of aryl methyl sites for hydroxylation is 1. The number of fused-ring (bicyclic) bond motifs is 1. The van der Waals surface area contributed by atoms with Gasteiger partial charge in [0.1, 0.15) is 11.9 Å². The zero-order valence-corrected chi connectivity index (χ0v) is 24.8. The summed E-state index contributed by atoms with van der Waals surface area (Å²) < 4.78 is 63.4. The fourth-order valence-electron chi connectivity index (χ4n) is 5.68. The number of benzene rings is 1. The summed E-state index contributed by atoms with van der Waals surface area (Å²) in [5.74, 6) is -2.21. The third-order valence-corrected chi connectivity index (χ3v) is 9.75. The highest BCUT2D eigenvalue weighted by Gasteiger charge is 2.39. The Morgan fingerprint density at radius 2 is 1.91 bits per heavy atom. The average molecular weight is 608 g/mol. The van der Waals surface area contributed by atoms with E-state index in [1.54, 1.807) is 19.1 Å². The minimum Gasteiger partial charge on any atom is -0.466 e. The summed E-state index contributed by atoms with van der Waals surface area (Å²) in [5.41, 5.74) is 0.256. The molecule has 43 heavy (non-hydrogen) atoms. The van der Waals surface area contributed by atoms with Crippen molar-refractivity contribution in [2.45, 2.75) is 63.8 Å². The van der Waals surface area contributed by atoms with E-state index in [-0.39, 0.29) is 57.0 Å². The van der Waals surface area contributed by atoms with Gasteiger partial charge in [-0.3, -0.25) is 4.79 Å². The van der Waals surface area contributed by atoms with Crippen molar-refractivity contribution in [1.29, 1.82) is 5.26 Å². The van der Waals surface area contributed by atoms with Gasteiger partial charge in [-0.2, -0.15) is 5.26 Å². The Morgan fingerprint density at radius 3 is 2.56 bits per heavy atom. The van der Waals surface area contributed by atoms with Gasteiger partial charge in [-0.15, -0.1) is 0 Å². The van der Waals surface area contributed by atoms with Crippen molar-refractivity contribution in [3.05, 3.63) is 71.6 Å². The number of aromatic nitrogens is 3. The molecule has 1 atom stereocenters. The van der Waals surface area contributed by atoms with Gasteiger partial charge in [0, 0.05) is 23.2 Å². The Kier molecular flexibility index (Phi) is 8.21. The maximum atomic E-state index is 15.5. The number of nitrogens with one attached hydrogen (secondary N) is 1. The van der Waals surface area contributed by atoms with Crippen molar-refractivity contribution in [2.75, 3.05) is 11.9 Å². The predicted octanol–water partition coefficient (Wildman–Crippen LogP) is 6.11. The van der Waals surface area contributed by atoms with Crippen LogP contribution in [0.4, 0.5) is 14.6 Å². The molecular weight excluding hydrogens is 576 g/mol. The number of pyridine rings is 2. The zero-order chi connectivity index (χ0) is 30.9. The van der Waals surface area contributed by atoms with E-state index in [9.17, 15) is 22.9 Å². The lowest BCUT2D eigenvalue weighted by atomic mass is 9.79. The van der Waals surface area contributed by atoms with Crippen LogP contribution in [-0.4, -0.2) is 41.0 Å². The quantitative estimate of drug-likeness (QED) is 0.226. The SMILES string of the molecule is CCOC(=O)CC(Nc1nc(-c2cn(S(=O)(=O)c3ccc(C)cc3)c3ncc(F)cc23)c(C#N)cc1F)C1(C)CCCC1. The number of carbonyl (C=O) groups excluding carboxylic acids is 1. The number of anilines is 1. The Morgan fingerprint density at radius 1 is 1.21 bits per heavy atom. The number of esters is 1. The molecule has 3 heterocycles. The number of nitrogens with zero attached hydrogens (tertiary/aromatic N) is 4. The van der Waals surface area contributed by atoms with E-state index in [4.69, 9.17) is 4.74 Å². The van der Waals surface area contributed by atoms with Gasteiger partial charge in [-0.05, 0) is 56.4 Å². The molecule has 1 aliphatic rings. The summed E-state index contributed by atoms with van der Waals surface area (Å²) in [5, 5.41) is 13.1. The molecule has 0 amide bonds. The van der Waals surface area contributed by atoms with Crippen molar-refractivity contribution in [2.24, 2.45) is 5.41 Å². The van der Waals surface area contributed by atoms with Gasteiger partial charge in [0.25, 0.3) is 10.0 Å². The molecule has 0 bridgehead atoms. The maximum absolute atomic E-state index is 15.5. The van der Waals surface area contributed by atoms with Crippen LogP contribution in [0.2, 0.25) is 0 Å². The molecule has 12 heteroatoms. The van der Waals surface area contributed by atoms with E-state index < -0.39 is 33.7 Å². The topological polar surface area (TPSA) is 127 Å². The van der Waals surface area contributed by atoms with Gasteiger partial charge in [-0.1, -0.05) is 37.5 Å². The molecule has 0 spiro atoms. The van der Waals surface area contributed by atoms with Crippen molar-refractivity contribution >= 4 is 32.8 Å². The Balaban J connectivity index is 1.66. The first-order chi connectivity index (χ1) is 20.5. The molecule has 1 saturated carbocycles. The average Bonchev–Trinajstić information content (AvgIpc) is 3.58. The number of ether oxygens (including phenoxy) is 1. The summed E-state index contributed by atoms with van der Waals surface area (Å²) in [4.78, 5) is 21.0. The highest BCUT2D eigenvalue weighted by molar-refractivity contribution is 7.90. The van der Waals surface area contributed by atoms with Crippen molar-refractivity contribution in [3.8, 4) is 17.3 Å². The van der Waals surface area contributed by atoms with E-state index in [2.05, 4.69) is 15.3 Å². The van der Waals surface area contributed by atoms with Crippen LogP contribution in [0.25, 0.3) is 22.3 Å². The second-order valence-electron chi connectivity index (χ2n) is 11.1. The molecule has 1 aromatic carbocycles. The lowest BCUT2D eigenvalue weighted by molar-refractivity contribution is -0.144. The Hall–Kier alpha value is -4.37. The minimum absolute atomic E-state index is 0.0192. The normalized spacial score (nSPS) is 15.3. The van der Waals surface area contributed by atoms with E-state index in [0.717, 1.165) is 53.5 Å². The standard InChI is InChI=1S/C31H31F2N5O4S/c1-4-42-27(39)15-26(31(3)11-5-6-12-31)36-29-25(33)13-20(16-34)28(37-29)24-18-38(30-23(24)14-21(32)17-35-30)43(40,41)22-9-7-19(2)8-10-22/h7-10,13-14,17-18,26H,4-6,11-12,15H2,1-3H3,(H,36,37). The van der Waals surface area contributed by atoms with Crippen LogP contribution >= 0.6 is 0 Å². The first kappa shape index (κ1) is 30.1. The highest BCUT2D eigenvalue weighted by atomic mass is 32.2. The fourth-order valence-corrected chi connectivity index (χ4v) is 7.01. The first-order valence-electron chi connectivity index (χ1n) is 14.0. The van der Waals surface area contributed by atoms with Crippen LogP contribution in [0.15, 0.2) is 53.7 Å². The summed E-state index contributed by atoms with van der Waals surface area (Å²) in [7, 11) is -4.20. The molecule has 224 valence electrons. The number of halogens is 2. The Bertz CT molecular complexity index is 1840. The van der Waals surface area contributed by atoms with Crippen LogP contribution in [0.1, 0.15) is 57.1 Å². The second-order valence-corrected chi connectivity index (χ2v) is 12.9. The molecule has 0 saturated heterocycles. The second kappa shape index (κ2) is 11.7. The van der Waals surface area contributed by atoms with E-state index in [0.29, 0.717) is 0 Å². The van der Waals surface area contributed by atoms with Crippen LogP contribution in [0.3, 0.4) is 0 Å². The van der Waals surface area contributed by atoms with Gasteiger partial charge in [0.15, 0.2) is 17.3 Å². The third kappa shape index (κ3) is 5.82. The number of nitriles is 1. The molecule has 1 N–H and O–H groups in total. The van der Waals surface area contributed by atoms with E-state index >= 15 is 4.39 Å². The van der Waals surface area contributed by atoms with Gasteiger partial charge < -0.3 is 10.1 Å². The molecule has 5 rings (SSSR count). The van der Waals surface area contributed by atoms with Gasteiger partial charge >= 0.3 is 5.97 Å². The number of hydrogen-bond acceptors (Lipinski definition) is 8. The number of rotatable bonds is 9. The monoisotopic (exact) mass is 607 g/mol. The van der Waals surface area contributed by atoms with Crippen LogP contribution in [0.5, 0.6) is 0 Å². The molecule has 0 aliphatic heterocycles. The first-order valence-corrected chi connectivity index (χ1v) is 15.4. The molecule has 3 aromatic heterocycles. The number of hydrogen-bond donors (Lipinski definition) is 1. The summed E-state index contributed by atoms with van der Waals surface area (Å²) >= 11 is 0. The fraction of sp³-hybridized carbons (Fsp3) is 0.355. The van der Waals surface area contributed by atoms with Crippen molar-refractivity contribution < 1.29 is 26.7 Å². The van der Waals surface area contributed by atoms with Crippen molar-refractivity contribution in [1.82, 2.24) is 13.9 Å². The van der Waals surface area contributed by atoms with Crippen molar-refractivity contribution in [3.63, 3.8) is 0 Å². The van der Waals surface area contributed by atoms with Crippen LogP contribution in [0, 0.1) is 35.3 Å². The summed E-state index contributed by atoms with van der Waals surface area (Å²) in [6.45, 7) is 5.76. The minimum atomic E-state index is -4.20. The van der Waals surface area contributed by atoms with E-state index in [1.165, 1.54) is 18.3 Å². The summed E-state index contributed by atoms with van der Waals surface area (Å²) in [6.07, 6.45) is 5.62. The lowest BCUT2D eigenvalue weighted by Crippen LogP contribution is -2.39. The summed E-state index contributed by atoms with van der Waals surface area (Å²) in [6, 6.07) is 9.68. The molecule has 0 radical (unpaired) electrons. The third-order valence-electron chi connectivity index (χ3n) is 8.08. The smallest absolute Gasteiger partial charge is 0.307 e. The molecule has 9 nitrogen and oxygen atoms in total. The van der Waals surface area contributed by atoms with Crippen LogP contribution in [-0.2, 0) is 19.6 Å². The molecule has 1 fully saturated rings. The Labute approximate surface area is 248 Å². The predicted molar refractivity (Wildman–Crippen MR) is 157 cm³/mol. The number of carbonyl (C=O) groups is 1. The molecule has 1 unspecified atom stereocenters. The van der Waals surface area contributed by atoms with Gasteiger partial charge in [-0.25, -0.2) is 31.1 Å². The maximum Gasteiger partial charge on any atom is 0.307 e. The van der Waals surface area contributed by atoms with Gasteiger partial charge in [0.05, 0.1) is 35.4 Å². The lowest BCUT2D eigenvalue weighted by Gasteiger charge is -2.34. The molecule has 1 aliphatic carbocycles. The van der Waals surface area contributed by atoms with Crippen LogP contribution < -0.4 is 5.32 Å².